The quantitative estimate of drug-likeness (QED) is 0.0746. The summed E-state index contributed by atoms with van der Waals surface area (Å²) < 4.78 is 22.3. The predicted molar refractivity (Wildman–Crippen MR) is 170 cm³/mol. The van der Waals surface area contributed by atoms with E-state index in [9.17, 15) is 9.59 Å². The monoisotopic (exact) mass is 591 g/mol. The highest BCUT2D eigenvalue weighted by molar-refractivity contribution is 6.10. The number of rotatable bonds is 11. The number of hydrogen-bond donors (Lipinski definition) is 2. The molecule has 0 radical (unpaired) electrons. The number of nitrogens with one attached hydrogen (secondary N) is 2. The molecule has 0 saturated carbocycles. The number of benzene rings is 4. The maximum Gasteiger partial charge on any atom is 0.343 e. The lowest BCUT2D eigenvalue weighted by Crippen LogP contribution is -2.18. The SMILES string of the molecule is CCOc1ccc(C(=O)Oc2ccc(C=NNC(=O)c3[nH]c4c(C)cccc4c3-c3ccccc3)cc2OC)cc1OCC. The van der Waals surface area contributed by atoms with Crippen molar-refractivity contribution < 1.29 is 28.5 Å². The van der Waals surface area contributed by atoms with Crippen molar-refractivity contribution in [2.75, 3.05) is 20.3 Å². The summed E-state index contributed by atoms with van der Waals surface area (Å²) in [7, 11) is 1.47. The Morgan fingerprint density at radius 3 is 2.34 bits per heavy atom. The topological polar surface area (TPSA) is 111 Å². The van der Waals surface area contributed by atoms with Crippen LogP contribution in [-0.2, 0) is 0 Å². The van der Waals surface area contributed by atoms with Crippen LogP contribution in [0, 0.1) is 6.92 Å². The van der Waals surface area contributed by atoms with Gasteiger partial charge >= 0.3 is 5.97 Å². The molecule has 0 unspecified atom stereocenters. The first-order valence-electron chi connectivity index (χ1n) is 14.2. The van der Waals surface area contributed by atoms with Gasteiger partial charge in [-0.15, -0.1) is 0 Å². The summed E-state index contributed by atoms with van der Waals surface area (Å²) in [5.74, 6) is 0.602. The number of aryl methyl sites for hydroxylation is 1. The number of aromatic amines is 1. The minimum absolute atomic E-state index is 0.228. The maximum atomic E-state index is 13.3. The molecule has 4 aromatic carbocycles. The molecule has 0 atom stereocenters. The van der Waals surface area contributed by atoms with Crippen LogP contribution in [-0.4, -0.2) is 43.4 Å². The molecule has 0 saturated heterocycles. The number of para-hydroxylation sites is 1. The molecule has 2 N–H and O–H groups in total. The lowest BCUT2D eigenvalue weighted by Gasteiger charge is -2.13. The van der Waals surface area contributed by atoms with E-state index in [-0.39, 0.29) is 11.7 Å². The summed E-state index contributed by atoms with van der Waals surface area (Å²) in [6.07, 6.45) is 1.49. The molecule has 1 heterocycles. The van der Waals surface area contributed by atoms with E-state index in [4.69, 9.17) is 18.9 Å². The molecular weight excluding hydrogens is 558 g/mol. The second kappa shape index (κ2) is 13.6. The van der Waals surface area contributed by atoms with Crippen molar-refractivity contribution in [3.63, 3.8) is 0 Å². The lowest BCUT2D eigenvalue weighted by atomic mass is 10.0. The highest BCUT2D eigenvalue weighted by Crippen LogP contribution is 2.34. The number of amides is 1. The molecule has 5 rings (SSSR count). The Balaban J connectivity index is 1.32. The summed E-state index contributed by atoms with van der Waals surface area (Å²) in [6.45, 7) is 6.62. The van der Waals surface area contributed by atoms with Crippen LogP contribution in [0.1, 0.15) is 45.8 Å². The Kier molecular flexibility index (Phi) is 9.25. The van der Waals surface area contributed by atoms with Gasteiger partial charge in [0.15, 0.2) is 23.0 Å². The summed E-state index contributed by atoms with van der Waals surface area (Å²) >= 11 is 0. The van der Waals surface area contributed by atoms with Crippen molar-refractivity contribution in [3.05, 3.63) is 107 Å². The van der Waals surface area contributed by atoms with E-state index in [1.165, 1.54) is 13.3 Å². The molecule has 0 aliphatic heterocycles. The standard InChI is InChI=1S/C35H33N3O6/c1-5-42-27-18-16-25(20-30(27)43-6-2)35(40)44-28-17-15-23(19-29(28)41-4)21-36-38-34(39)33-31(24-12-8-7-9-13-24)26-14-10-11-22(3)32(26)37-33/h7-21,37H,5-6H2,1-4H3,(H,38,39). The van der Waals surface area contributed by atoms with Crippen LogP contribution >= 0.6 is 0 Å². The zero-order valence-corrected chi connectivity index (χ0v) is 25.0. The third kappa shape index (κ3) is 6.42. The van der Waals surface area contributed by atoms with Crippen molar-refractivity contribution in [1.82, 2.24) is 10.4 Å². The number of hydrogen-bond acceptors (Lipinski definition) is 7. The van der Waals surface area contributed by atoms with Gasteiger partial charge in [0.05, 0.1) is 32.1 Å². The van der Waals surface area contributed by atoms with Gasteiger partial charge in [-0.1, -0.05) is 48.5 Å². The molecule has 1 aromatic heterocycles. The first kappa shape index (κ1) is 29.9. The number of carbonyl (C=O) groups is 2. The van der Waals surface area contributed by atoms with Crippen molar-refractivity contribution in [2.24, 2.45) is 5.10 Å². The summed E-state index contributed by atoms with van der Waals surface area (Å²) in [6, 6.07) is 25.6. The van der Waals surface area contributed by atoms with Crippen molar-refractivity contribution in [1.29, 1.82) is 0 Å². The van der Waals surface area contributed by atoms with Gasteiger partial charge in [0, 0.05) is 16.5 Å². The molecular formula is C35H33N3O6. The largest absolute Gasteiger partial charge is 0.493 e. The smallest absolute Gasteiger partial charge is 0.343 e. The van der Waals surface area contributed by atoms with Gasteiger partial charge in [-0.2, -0.15) is 5.10 Å². The van der Waals surface area contributed by atoms with E-state index < -0.39 is 5.97 Å². The number of carbonyl (C=O) groups excluding carboxylic acids is 2. The highest BCUT2D eigenvalue weighted by atomic mass is 16.6. The number of hydrazone groups is 1. The third-order valence-corrected chi connectivity index (χ3v) is 6.88. The van der Waals surface area contributed by atoms with Crippen LogP contribution in [0.2, 0.25) is 0 Å². The second-order valence-corrected chi connectivity index (χ2v) is 9.76. The molecule has 9 heteroatoms. The molecule has 5 aromatic rings. The van der Waals surface area contributed by atoms with Gasteiger partial charge < -0.3 is 23.9 Å². The van der Waals surface area contributed by atoms with Crippen LogP contribution in [0.4, 0.5) is 0 Å². The molecule has 0 fully saturated rings. The Morgan fingerprint density at radius 1 is 0.841 bits per heavy atom. The third-order valence-electron chi connectivity index (χ3n) is 6.88. The first-order valence-corrected chi connectivity index (χ1v) is 14.2. The average molecular weight is 592 g/mol. The molecule has 224 valence electrons. The number of esters is 1. The number of aromatic nitrogens is 1. The molecule has 9 nitrogen and oxygen atoms in total. The molecule has 1 amide bonds. The predicted octanol–water partition coefficient (Wildman–Crippen LogP) is 6.93. The summed E-state index contributed by atoms with van der Waals surface area (Å²) in [4.78, 5) is 29.5. The number of H-pyrrole nitrogens is 1. The van der Waals surface area contributed by atoms with Gasteiger partial charge in [-0.05, 0) is 73.9 Å². The zero-order valence-electron chi connectivity index (χ0n) is 25.0. The normalized spacial score (nSPS) is 11.0. The lowest BCUT2D eigenvalue weighted by molar-refractivity contribution is 0.0728. The van der Waals surface area contributed by atoms with E-state index in [1.807, 2.05) is 69.3 Å². The second-order valence-electron chi connectivity index (χ2n) is 9.76. The number of methoxy groups -OCH3 is 1. The van der Waals surface area contributed by atoms with Crippen molar-refractivity contribution in [3.8, 4) is 34.1 Å². The Morgan fingerprint density at radius 2 is 1.59 bits per heavy atom. The number of fused-ring (bicyclic) bond motifs is 1. The van der Waals surface area contributed by atoms with E-state index in [1.54, 1.807) is 36.4 Å². The Bertz CT molecular complexity index is 1830. The number of ether oxygens (including phenoxy) is 4. The van der Waals surface area contributed by atoms with Gasteiger partial charge in [0.2, 0.25) is 0 Å². The highest BCUT2D eigenvalue weighted by Gasteiger charge is 2.20. The van der Waals surface area contributed by atoms with Crippen molar-refractivity contribution in [2.45, 2.75) is 20.8 Å². The fourth-order valence-corrected chi connectivity index (χ4v) is 4.85. The van der Waals surface area contributed by atoms with Crippen molar-refractivity contribution >= 4 is 29.0 Å². The van der Waals surface area contributed by atoms with Gasteiger partial charge in [0.1, 0.15) is 5.69 Å². The molecule has 44 heavy (non-hydrogen) atoms. The average Bonchev–Trinajstić information content (AvgIpc) is 3.44. The van der Waals surface area contributed by atoms with Crippen LogP contribution in [0.5, 0.6) is 23.0 Å². The minimum Gasteiger partial charge on any atom is -0.493 e. The molecule has 0 aliphatic rings. The van der Waals surface area contributed by atoms with Gasteiger partial charge in [-0.3, -0.25) is 4.79 Å². The zero-order chi connectivity index (χ0) is 31.1. The summed E-state index contributed by atoms with van der Waals surface area (Å²) in [5, 5.41) is 5.13. The van der Waals surface area contributed by atoms with E-state index in [0.29, 0.717) is 47.3 Å². The molecule has 0 aliphatic carbocycles. The minimum atomic E-state index is -0.580. The van der Waals surface area contributed by atoms with Gasteiger partial charge in [0.25, 0.3) is 5.91 Å². The number of nitrogens with zero attached hydrogens (tertiary/aromatic N) is 1. The van der Waals surface area contributed by atoms with Crippen LogP contribution < -0.4 is 24.4 Å². The fraction of sp³-hybridized carbons (Fsp3) is 0.171. The molecule has 0 bridgehead atoms. The summed E-state index contributed by atoms with van der Waals surface area (Å²) in [5.41, 5.74) is 7.63. The van der Waals surface area contributed by atoms with Gasteiger partial charge in [-0.25, -0.2) is 10.2 Å². The Hall–Kier alpha value is -5.57. The molecule has 0 spiro atoms. The van der Waals surface area contributed by atoms with E-state index in [0.717, 1.165) is 27.6 Å². The first-order chi connectivity index (χ1) is 21.4. The van der Waals surface area contributed by atoms with Crippen LogP contribution in [0.3, 0.4) is 0 Å². The fourth-order valence-electron chi connectivity index (χ4n) is 4.85. The van der Waals surface area contributed by atoms with Crippen LogP contribution in [0.25, 0.3) is 22.0 Å². The van der Waals surface area contributed by atoms with E-state index in [2.05, 4.69) is 15.5 Å². The van der Waals surface area contributed by atoms with Crippen LogP contribution in [0.15, 0.2) is 90.0 Å². The Labute approximate surface area is 255 Å². The van der Waals surface area contributed by atoms with E-state index >= 15 is 0 Å². The maximum absolute atomic E-state index is 13.3.